The molecule has 0 aliphatic heterocycles. The van der Waals surface area contributed by atoms with Crippen molar-refractivity contribution in [1.29, 1.82) is 0 Å². The van der Waals surface area contributed by atoms with Gasteiger partial charge in [0.05, 0.1) is 11.0 Å². The number of rotatable bonds is 4. The zero-order valence-electron chi connectivity index (χ0n) is 11.2. The van der Waals surface area contributed by atoms with Crippen LogP contribution in [0.1, 0.15) is 37.7 Å². The molecule has 1 aliphatic carbocycles. The molecule has 0 saturated heterocycles. The maximum absolute atomic E-state index is 10.7. The van der Waals surface area contributed by atoms with Crippen LogP contribution in [0.4, 0.5) is 5.69 Å². The standard InChI is InChI=1S/C14H19BrN2O3/c15-12-8-11(17(19)20)7-6-10(12)9-16-13-4-2-1-3-5-14(13)18/h6-8,13-14,16,18H,1-5,9H2. The van der Waals surface area contributed by atoms with Gasteiger partial charge in [0.15, 0.2) is 0 Å². The summed E-state index contributed by atoms with van der Waals surface area (Å²) < 4.78 is 0.724. The van der Waals surface area contributed by atoms with E-state index in [2.05, 4.69) is 21.2 Å². The molecule has 0 spiro atoms. The largest absolute Gasteiger partial charge is 0.392 e. The van der Waals surface area contributed by atoms with E-state index >= 15 is 0 Å². The van der Waals surface area contributed by atoms with Crippen LogP contribution in [0.15, 0.2) is 22.7 Å². The molecule has 2 unspecified atom stereocenters. The number of hydrogen-bond acceptors (Lipinski definition) is 4. The Bertz CT molecular complexity index is 481. The fraction of sp³-hybridized carbons (Fsp3) is 0.571. The molecule has 2 atom stereocenters. The van der Waals surface area contributed by atoms with E-state index in [9.17, 15) is 15.2 Å². The van der Waals surface area contributed by atoms with E-state index in [1.165, 1.54) is 18.6 Å². The van der Waals surface area contributed by atoms with Crippen molar-refractivity contribution < 1.29 is 10.0 Å². The van der Waals surface area contributed by atoms with Crippen molar-refractivity contribution >= 4 is 21.6 Å². The van der Waals surface area contributed by atoms with Crippen LogP contribution in [0.5, 0.6) is 0 Å². The molecule has 1 aromatic carbocycles. The highest BCUT2D eigenvalue weighted by Gasteiger charge is 2.21. The minimum absolute atomic E-state index is 0.0788. The zero-order valence-corrected chi connectivity index (χ0v) is 12.8. The van der Waals surface area contributed by atoms with E-state index in [0.29, 0.717) is 6.54 Å². The molecule has 2 rings (SSSR count). The molecule has 5 nitrogen and oxygen atoms in total. The minimum Gasteiger partial charge on any atom is -0.392 e. The number of aliphatic hydroxyl groups is 1. The number of nitro groups is 1. The number of aliphatic hydroxyl groups excluding tert-OH is 1. The second-order valence-corrected chi connectivity index (χ2v) is 6.08. The molecule has 1 aromatic rings. The molecule has 1 aliphatic rings. The van der Waals surface area contributed by atoms with Crippen LogP contribution in [-0.4, -0.2) is 22.2 Å². The topological polar surface area (TPSA) is 75.4 Å². The molecule has 0 heterocycles. The molecule has 110 valence electrons. The second kappa shape index (κ2) is 7.15. The van der Waals surface area contributed by atoms with E-state index in [4.69, 9.17) is 0 Å². The Hall–Kier alpha value is -0.980. The highest BCUT2D eigenvalue weighted by atomic mass is 79.9. The van der Waals surface area contributed by atoms with E-state index in [-0.39, 0.29) is 17.8 Å². The van der Waals surface area contributed by atoms with Gasteiger partial charge in [-0.3, -0.25) is 10.1 Å². The highest BCUT2D eigenvalue weighted by Crippen LogP contribution is 2.24. The van der Waals surface area contributed by atoms with Crippen LogP contribution in [0.3, 0.4) is 0 Å². The lowest BCUT2D eigenvalue weighted by molar-refractivity contribution is -0.384. The first-order valence-corrected chi connectivity index (χ1v) is 7.71. The summed E-state index contributed by atoms with van der Waals surface area (Å²) in [5.74, 6) is 0. The maximum atomic E-state index is 10.7. The summed E-state index contributed by atoms with van der Waals surface area (Å²) in [6.45, 7) is 0.598. The van der Waals surface area contributed by atoms with Gasteiger partial charge in [0.2, 0.25) is 0 Å². The van der Waals surface area contributed by atoms with E-state index in [0.717, 1.165) is 35.7 Å². The third kappa shape index (κ3) is 4.01. The van der Waals surface area contributed by atoms with Crippen molar-refractivity contribution in [2.75, 3.05) is 0 Å². The second-order valence-electron chi connectivity index (χ2n) is 5.23. The third-order valence-corrected chi connectivity index (χ3v) is 4.52. The van der Waals surface area contributed by atoms with Gasteiger partial charge >= 0.3 is 0 Å². The first-order chi connectivity index (χ1) is 9.58. The number of hydrogen-bond donors (Lipinski definition) is 2. The Kier molecular flexibility index (Phi) is 5.51. The molecule has 0 radical (unpaired) electrons. The van der Waals surface area contributed by atoms with Crippen LogP contribution in [0.25, 0.3) is 0 Å². The molecule has 6 heteroatoms. The van der Waals surface area contributed by atoms with Crippen LogP contribution in [-0.2, 0) is 6.54 Å². The molecule has 1 saturated carbocycles. The lowest BCUT2D eigenvalue weighted by Crippen LogP contribution is -2.38. The summed E-state index contributed by atoms with van der Waals surface area (Å²) in [4.78, 5) is 10.3. The molecule has 2 N–H and O–H groups in total. The van der Waals surface area contributed by atoms with Gasteiger partial charge < -0.3 is 10.4 Å². The van der Waals surface area contributed by atoms with Crippen LogP contribution in [0.2, 0.25) is 0 Å². The number of nitro benzene ring substituents is 1. The lowest BCUT2D eigenvalue weighted by Gasteiger charge is -2.22. The highest BCUT2D eigenvalue weighted by molar-refractivity contribution is 9.10. The van der Waals surface area contributed by atoms with Gasteiger partial charge in [-0.05, 0) is 24.5 Å². The summed E-state index contributed by atoms with van der Waals surface area (Å²) in [7, 11) is 0. The van der Waals surface area contributed by atoms with Crippen molar-refractivity contribution in [2.45, 2.75) is 50.8 Å². The van der Waals surface area contributed by atoms with Gasteiger partial charge in [0, 0.05) is 29.2 Å². The van der Waals surface area contributed by atoms with Crippen LogP contribution >= 0.6 is 15.9 Å². The lowest BCUT2D eigenvalue weighted by atomic mass is 10.1. The summed E-state index contributed by atoms with van der Waals surface area (Å²) in [6, 6.07) is 4.88. The summed E-state index contributed by atoms with van der Waals surface area (Å²) in [5, 5.41) is 24.1. The summed E-state index contributed by atoms with van der Waals surface area (Å²) in [5.41, 5.74) is 1.04. The Morgan fingerprint density at radius 3 is 2.80 bits per heavy atom. The third-order valence-electron chi connectivity index (χ3n) is 3.78. The normalized spacial score (nSPS) is 23.3. The number of halogens is 1. The molecule has 0 amide bonds. The van der Waals surface area contributed by atoms with Crippen molar-refractivity contribution in [2.24, 2.45) is 0 Å². The van der Waals surface area contributed by atoms with Crippen molar-refractivity contribution in [3.8, 4) is 0 Å². The Morgan fingerprint density at radius 1 is 1.35 bits per heavy atom. The predicted octanol–water partition coefficient (Wildman–Crippen LogP) is 3.14. The van der Waals surface area contributed by atoms with Gasteiger partial charge in [-0.25, -0.2) is 0 Å². The molecule has 0 bridgehead atoms. The van der Waals surface area contributed by atoms with Gasteiger partial charge in [-0.2, -0.15) is 0 Å². The monoisotopic (exact) mass is 342 g/mol. The molecule has 0 aromatic heterocycles. The molecular weight excluding hydrogens is 324 g/mol. The van der Waals surface area contributed by atoms with E-state index < -0.39 is 4.92 Å². The average Bonchev–Trinajstić information content (AvgIpc) is 2.62. The quantitative estimate of drug-likeness (QED) is 0.500. The Morgan fingerprint density at radius 2 is 2.10 bits per heavy atom. The fourth-order valence-corrected chi connectivity index (χ4v) is 3.07. The van der Waals surface area contributed by atoms with Crippen LogP contribution in [0, 0.1) is 10.1 Å². The first-order valence-electron chi connectivity index (χ1n) is 6.92. The van der Waals surface area contributed by atoms with Gasteiger partial charge in [-0.15, -0.1) is 0 Å². The van der Waals surface area contributed by atoms with Gasteiger partial charge in [0.1, 0.15) is 0 Å². The number of non-ortho nitro benzene ring substituents is 1. The zero-order chi connectivity index (χ0) is 14.5. The van der Waals surface area contributed by atoms with E-state index in [1.54, 1.807) is 6.07 Å². The van der Waals surface area contributed by atoms with Crippen molar-refractivity contribution in [1.82, 2.24) is 5.32 Å². The predicted molar refractivity (Wildman–Crippen MR) is 80.5 cm³/mol. The molecule has 20 heavy (non-hydrogen) atoms. The van der Waals surface area contributed by atoms with Crippen molar-refractivity contribution in [3.05, 3.63) is 38.3 Å². The Labute approximate surface area is 126 Å². The van der Waals surface area contributed by atoms with Gasteiger partial charge in [-0.1, -0.05) is 35.2 Å². The average molecular weight is 343 g/mol. The van der Waals surface area contributed by atoms with Crippen molar-refractivity contribution in [3.63, 3.8) is 0 Å². The molecular formula is C14H19BrN2O3. The SMILES string of the molecule is O=[N+]([O-])c1ccc(CNC2CCCCCC2O)c(Br)c1. The first kappa shape index (κ1) is 15.4. The number of nitrogens with zero attached hydrogens (tertiary/aromatic N) is 1. The Balaban J connectivity index is 1.97. The molecule has 1 fully saturated rings. The minimum atomic E-state index is -0.406. The van der Waals surface area contributed by atoms with Crippen LogP contribution < -0.4 is 5.32 Å². The summed E-state index contributed by atoms with van der Waals surface area (Å²) >= 11 is 3.36. The summed E-state index contributed by atoms with van der Waals surface area (Å²) in [6.07, 6.45) is 4.92. The van der Waals surface area contributed by atoms with Gasteiger partial charge in [0.25, 0.3) is 5.69 Å². The smallest absolute Gasteiger partial charge is 0.270 e. The fourth-order valence-electron chi connectivity index (χ4n) is 2.56. The van der Waals surface area contributed by atoms with E-state index in [1.807, 2.05) is 0 Å². The number of nitrogens with one attached hydrogen (secondary N) is 1. The maximum Gasteiger partial charge on any atom is 0.270 e. The number of benzene rings is 1.